The van der Waals surface area contributed by atoms with E-state index in [1.165, 1.54) is 54.7 Å². The summed E-state index contributed by atoms with van der Waals surface area (Å²) in [6.45, 7) is 6.94. The summed E-state index contributed by atoms with van der Waals surface area (Å²) in [5.74, 6) is 9.68. The molecule has 2 aliphatic heterocycles. The van der Waals surface area contributed by atoms with Crippen molar-refractivity contribution in [1.29, 1.82) is 0 Å². The Morgan fingerprint density at radius 3 is 2.76 bits per heavy atom. The molecule has 25 heavy (non-hydrogen) atoms. The number of aryl methyl sites for hydroxylation is 1. The van der Waals surface area contributed by atoms with Crippen LogP contribution in [0.3, 0.4) is 0 Å². The summed E-state index contributed by atoms with van der Waals surface area (Å²) in [6, 6.07) is 4.66. The van der Waals surface area contributed by atoms with Gasteiger partial charge in [0.1, 0.15) is 5.84 Å². The van der Waals surface area contributed by atoms with E-state index in [4.69, 9.17) is 0 Å². The van der Waals surface area contributed by atoms with Gasteiger partial charge in [0.15, 0.2) is 0 Å². The molecule has 1 saturated heterocycles. The summed E-state index contributed by atoms with van der Waals surface area (Å²) in [5, 5.41) is 3.57. The minimum absolute atomic E-state index is 0.171. The average Bonchev–Trinajstić information content (AvgIpc) is 2.89. The standard InChI is InChI=1S/C21H27N3S/c1-4-16-11-18-19(23-20(22-3)21(18)8-6-9-21)12-17(16)7-5-10-25-24-13-15(2)14-24/h11-12,15H,4,6,8-10,13-14H2,1-3H3,(H,22,23). The lowest BCUT2D eigenvalue weighted by Crippen LogP contribution is -2.41. The molecule has 3 nitrogen and oxygen atoms in total. The van der Waals surface area contributed by atoms with Gasteiger partial charge >= 0.3 is 0 Å². The van der Waals surface area contributed by atoms with Crippen molar-refractivity contribution >= 4 is 23.5 Å². The third kappa shape index (κ3) is 2.88. The van der Waals surface area contributed by atoms with E-state index in [0.29, 0.717) is 0 Å². The summed E-state index contributed by atoms with van der Waals surface area (Å²) >= 11 is 1.87. The number of fused-ring (bicyclic) bond motifs is 2. The van der Waals surface area contributed by atoms with Crippen LogP contribution < -0.4 is 5.32 Å². The highest BCUT2D eigenvalue weighted by molar-refractivity contribution is 7.97. The zero-order valence-corrected chi connectivity index (χ0v) is 16.3. The first-order chi connectivity index (χ1) is 12.2. The fourth-order valence-corrected chi connectivity index (χ4v) is 5.28. The van der Waals surface area contributed by atoms with E-state index in [0.717, 1.165) is 23.9 Å². The number of hydrogen-bond donors (Lipinski definition) is 1. The Hall–Kier alpha value is -1.44. The molecule has 1 saturated carbocycles. The van der Waals surface area contributed by atoms with Gasteiger partial charge in [-0.25, -0.2) is 4.31 Å². The van der Waals surface area contributed by atoms with Crippen LogP contribution in [0.25, 0.3) is 0 Å². The topological polar surface area (TPSA) is 27.6 Å². The second kappa shape index (κ2) is 6.70. The lowest BCUT2D eigenvalue weighted by Gasteiger charge is -2.38. The van der Waals surface area contributed by atoms with Crippen molar-refractivity contribution in [2.24, 2.45) is 10.9 Å². The Morgan fingerprint density at radius 1 is 1.36 bits per heavy atom. The Labute approximate surface area is 155 Å². The second-order valence-corrected chi connectivity index (χ2v) is 8.63. The van der Waals surface area contributed by atoms with Crippen molar-refractivity contribution in [3.63, 3.8) is 0 Å². The summed E-state index contributed by atoms with van der Waals surface area (Å²) in [5.41, 5.74) is 5.40. The van der Waals surface area contributed by atoms with Gasteiger partial charge in [-0.1, -0.05) is 50.1 Å². The lowest BCUT2D eigenvalue weighted by molar-refractivity contribution is 0.240. The van der Waals surface area contributed by atoms with E-state index < -0.39 is 0 Å². The highest BCUT2D eigenvalue weighted by Crippen LogP contribution is 2.52. The van der Waals surface area contributed by atoms with E-state index in [1.54, 1.807) is 0 Å². The van der Waals surface area contributed by atoms with E-state index in [1.807, 2.05) is 19.0 Å². The molecule has 0 aromatic heterocycles. The molecule has 0 amide bonds. The monoisotopic (exact) mass is 353 g/mol. The largest absolute Gasteiger partial charge is 0.343 e. The number of hydrogen-bond acceptors (Lipinski definition) is 3. The van der Waals surface area contributed by atoms with Crippen LogP contribution in [0.15, 0.2) is 17.1 Å². The Morgan fingerprint density at radius 2 is 2.16 bits per heavy atom. The van der Waals surface area contributed by atoms with Crippen molar-refractivity contribution in [1.82, 2.24) is 4.31 Å². The molecule has 1 spiro atoms. The number of nitrogens with zero attached hydrogens (tertiary/aromatic N) is 2. The minimum atomic E-state index is 0.171. The van der Waals surface area contributed by atoms with Crippen LogP contribution in [0.2, 0.25) is 0 Å². The van der Waals surface area contributed by atoms with Crippen LogP contribution in [-0.4, -0.2) is 36.0 Å². The van der Waals surface area contributed by atoms with E-state index in [-0.39, 0.29) is 5.41 Å². The van der Waals surface area contributed by atoms with Gasteiger partial charge in [0.05, 0.1) is 11.2 Å². The third-order valence-electron chi connectivity index (χ3n) is 5.85. The maximum Gasteiger partial charge on any atom is 0.111 e. The first-order valence-corrected chi connectivity index (χ1v) is 10.4. The number of rotatable bonds is 3. The lowest BCUT2D eigenvalue weighted by atomic mass is 9.64. The fourth-order valence-electron chi connectivity index (χ4n) is 4.24. The van der Waals surface area contributed by atoms with Crippen molar-refractivity contribution < 1.29 is 0 Å². The Balaban J connectivity index is 1.54. The van der Waals surface area contributed by atoms with Gasteiger partial charge in [-0.15, -0.1) is 0 Å². The minimum Gasteiger partial charge on any atom is -0.343 e. The van der Waals surface area contributed by atoms with E-state index in [9.17, 15) is 0 Å². The number of aliphatic imine (C=N–C) groups is 1. The number of anilines is 1. The molecule has 2 fully saturated rings. The molecule has 0 radical (unpaired) electrons. The fraction of sp³-hybridized carbons (Fsp3) is 0.571. The average molecular weight is 354 g/mol. The van der Waals surface area contributed by atoms with Gasteiger partial charge in [-0.3, -0.25) is 4.99 Å². The predicted octanol–water partition coefficient (Wildman–Crippen LogP) is 4.08. The Kier molecular flexibility index (Phi) is 4.56. The molecule has 0 atom stereocenters. The first kappa shape index (κ1) is 17.0. The van der Waals surface area contributed by atoms with Crippen LogP contribution in [0.5, 0.6) is 0 Å². The molecule has 1 aliphatic carbocycles. The highest BCUT2D eigenvalue weighted by Gasteiger charge is 2.49. The molecule has 3 aliphatic rings. The van der Waals surface area contributed by atoms with Crippen molar-refractivity contribution in [3.05, 3.63) is 28.8 Å². The molecule has 1 N–H and O–H groups in total. The number of nitrogens with one attached hydrogen (secondary N) is 1. The number of amidine groups is 1. The maximum absolute atomic E-state index is 4.54. The molecule has 0 bridgehead atoms. The first-order valence-electron chi connectivity index (χ1n) is 9.44. The van der Waals surface area contributed by atoms with Crippen LogP contribution in [-0.2, 0) is 11.8 Å². The van der Waals surface area contributed by atoms with Gasteiger partial charge in [-0.05, 0) is 42.4 Å². The molecule has 2 heterocycles. The van der Waals surface area contributed by atoms with Crippen LogP contribution >= 0.6 is 11.9 Å². The van der Waals surface area contributed by atoms with Gasteiger partial charge in [0.2, 0.25) is 0 Å². The van der Waals surface area contributed by atoms with Crippen molar-refractivity contribution in [2.75, 3.05) is 31.2 Å². The molecule has 132 valence electrons. The molecule has 4 heteroatoms. The van der Waals surface area contributed by atoms with Gasteiger partial charge < -0.3 is 5.32 Å². The zero-order valence-electron chi connectivity index (χ0n) is 15.5. The zero-order chi connectivity index (χ0) is 17.4. The summed E-state index contributed by atoms with van der Waals surface area (Å²) in [6.07, 6.45) is 4.77. The molecular formula is C21H27N3S. The normalized spacial score (nSPS) is 22.8. The second-order valence-electron chi connectivity index (χ2n) is 7.57. The number of benzene rings is 1. The molecule has 1 aromatic rings. The SMILES string of the molecule is CCc1cc2c(cc1C#CCSN1CC(C)C1)NC(=NC)C21CCC1. The summed E-state index contributed by atoms with van der Waals surface area (Å²) < 4.78 is 2.41. The quantitative estimate of drug-likeness (QED) is 0.655. The van der Waals surface area contributed by atoms with Gasteiger partial charge in [0, 0.05) is 31.4 Å². The molecule has 4 rings (SSSR count). The van der Waals surface area contributed by atoms with Crippen LogP contribution in [0.4, 0.5) is 5.69 Å². The van der Waals surface area contributed by atoms with Crippen LogP contribution in [0, 0.1) is 17.8 Å². The molecular weight excluding hydrogens is 326 g/mol. The van der Waals surface area contributed by atoms with Gasteiger partial charge in [0.25, 0.3) is 0 Å². The third-order valence-corrected chi connectivity index (χ3v) is 6.79. The van der Waals surface area contributed by atoms with Crippen LogP contribution in [0.1, 0.15) is 49.8 Å². The molecule has 1 aromatic carbocycles. The van der Waals surface area contributed by atoms with Crippen molar-refractivity contribution in [3.8, 4) is 11.8 Å². The van der Waals surface area contributed by atoms with Gasteiger partial charge in [-0.2, -0.15) is 0 Å². The summed E-state index contributed by atoms with van der Waals surface area (Å²) in [4.78, 5) is 4.54. The predicted molar refractivity (Wildman–Crippen MR) is 108 cm³/mol. The Bertz CT molecular complexity index is 761. The maximum atomic E-state index is 4.54. The van der Waals surface area contributed by atoms with Crippen molar-refractivity contribution in [2.45, 2.75) is 44.9 Å². The summed E-state index contributed by atoms with van der Waals surface area (Å²) in [7, 11) is 1.91. The smallest absolute Gasteiger partial charge is 0.111 e. The molecule has 0 unspecified atom stereocenters. The highest BCUT2D eigenvalue weighted by atomic mass is 32.2. The van der Waals surface area contributed by atoms with E-state index in [2.05, 4.69) is 52.4 Å². The van der Waals surface area contributed by atoms with E-state index >= 15 is 0 Å².